The van der Waals surface area contributed by atoms with Crippen molar-refractivity contribution in [3.8, 4) is 0 Å². The van der Waals surface area contributed by atoms with Crippen molar-refractivity contribution < 1.29 is 25.0 Å². The van der Waals surface area contributed by atoms with Crippen LogP contribution in [0.2, 0.25) is 0 Å². The first kappa shape index (κ1) is 20.6. The number of aliphatic hydroxyl groups excluding tert-OH is 3. The number of ether oxygens (including phenoxy) is 1. The van der Waals surface area contributed by atoms with Gasteiger partial charge in [0, 0.05) is 17.9 Å². The van der Waals surface area contributed by atoms with Crippen molar-refractivity contribution in [1.29, 1.82) is 0 Å². The summed E-state index contributed by atoms with van der Waals surface area (Å²) < 4.78 is 7.08. The predicted octanol–water partition coefficient (Wildman–Crippen LogP) is 0.0750. The van der Waals surface area contributed by atoms with E-state index in [4.69, 9.17) is 10.5 Å². The van der Waals surface area contributed by atoms with Gasteiger partial charge in [-0.3, -0.25) is 14.7 Å². The van der Waals surface area contributed by atoms with Gasteiger partial charge in [0.2, 0.25) is 0 Å². The van der Waals surface area contributed by atoms with Gasteiger partial charge in [0.15, 0.2) is 12.2 Å². The van der Waals surface area contributed by atoms with Crippen LogP contribution in [0.5, 0.6) is 0 Å². The summed E-state index contributed by atoms with van der Waals surface area (Å²) in [5, 5.41) is 42.9. The summed E-state index contributed by atoms with van der Waals surface area (Å²) in [5.41, 5.74) is 7.38. The molecule has 2 aliphatic heterocycles. The molecule has 0 radical (unpaired) electrons. The van der Waals surface area contributed by atoms with Crippen molar-refractivity contribution in [3.63, 3.8) is 0 Å². The van der Waals surface area contributed by atoms with Crippen LogP contribution >= 0.6 is 11.8 Å². The molecule has 2 aliphatic rings. The van der Waals surface area contributed by atoms with E-state index in [9.17, 15) is 25.4 Å². The summed E-state index contributed by atoms with van der Waals surface area (Å²) in [4.78, 5) is 19.1. The van der Waals surface area contributed by atoms with Crippen LogP contribution in [0.1, 0.15) is 22.9 Å². The molecule has 0 aliphatic carbocycles. The fourth-order valence-corrected chi connectivity index (χ4v) is 4.40. The lowest BCUT2D eigenvalue weighted by molar-refractivity contribution is -0.384. The number of nitrogens with two attached hydrogens (primary N) is 1. The van der Waals surface area contributed by atoms with E-state index < -0.39 is 41.4 Å². The lowest BCUT2D eigenvalue weighted by atomic mass is 10.1. The zero-order valence-electron chi connectivity index (χ0n) is 15.5. The highest BCUT2D eigenvalue weighted by Crippen LogP contribution is 2.41. The number of nitro groups is 1. The van der Waals surface area contributed by atoms with Crippen molar-refractivity contribution in [2.24, 2.45) is 10.7 Å². The Morgan fingerprint density at radius 1 is 1.30 bits per heavy atom. The summed E-state index contributed by atoms with van der Waals surface area (Å²) in [6.45, 7) is -0.434. The zero-order valence-corrected chi connectivity index (χ0v) is 16.3. The van der Waals surface area contributed by atoms with Crippen LogP contribution in [0.4, 0.5) is 11.5 Å². The average Bonchev–Trinajstić information content (AvgIpc) is 3.27. The molecule has 2 aromatic rings. The third-order valence-corrected chi connectivity index (χ3v) is 6.05. The highest BCUT2D eigenvalue weighted by atomic mass is 32.2. The van der Waals surface area contributed by atoms with Crippen molar-refractivity contribution >= 4 is 29.2 Å². The lowest BCUT2D eigenvalue weighted by Gasteiger charge is -2.24. The molecule has 5 atom stereocenters. The standard InChI is InChI=1S/C17H20N6O6S/c18-17-20-14-11(19-7-22(14)16-13(26)12(25)10(5-24)29-16)15(21-17)30-6-8-1-3-9(4-2-8)23(27)28/h1-4,7,10,12-13,15-16,24-26H,5-6H2,(H3,18,20,21)/t10-,12-,13-,15?,16-/m1/s1. The zero-order chi connectivity index (χ0) is 21.4. The number of aliphatic imine (C=N–C) groups is 1. The first-order chi connectivity index (χ1) is 14.4. The third-order valence-electron chi connectivity index (χ3n) is 4.91. The minimum absolute atomic E-state index is 0.0207. The number of benzene rings is 1. The predicted molar refractivity (Wildman–Crippen MR) is 108 cm³/mol. The van der Waals surface area contributed by atoms with E-state index in [0.29, 0.717) is 17.3 Å². The number of nitrogens with one attached hydrogen (secondary N) is 1. The Labute approximate surface area is 174 Å². The van der Waals surface area contributed by atoms with Crippen LogP contribution in [0.15, 0.2) is 35.6 Å². The van der Waals surface area contributed by atoms with Gasteiger partial charge in [-0.2, -0.15) is 0 Å². The molecule has 12 nitrogen and oxygen atoms in total. The van der Waals surface area contributed by atoms with E-state index in [1.54, 1.807) is 12.1 Å². The van der Waals surface area contributed by atoms with E-state index in [0.717, 1.165) is 5.56 Å². The number of nitro benzene ring substituents is 1. The second kappa shape index (κ2) is 8.20. The first-order valence-corrected chi connectivity index (χ1v) is 10.1. The number of guanidine groups is 1. The van der Waals surface area contributed by atoms with Crippen LogP contribution in [0.3, 0.4) is 0 Å². The van der Waals surface area contributed by atoms with E-state index in [-0.39, 0.29) is 11.6 Å². The molecule has 160 valence electrons. The number of nitrogens with zero attached hydrogens (tertiary/aromatic N) is 4. The molecule has 30 heavy (non-hydrogen) atoms. The van der Waals surface area contributed by atoms with Crippen LogP contribution in [0, 0.1) is 10.1 Å². The number of hydrogen-bond acceptors (Lipinski definition) is 11. The van der Waals surface area contributed by atoms with Crippen molar-refractivity contribution in [2.45, 2.75) is 35.7 Å². The number of non-ortho nitro benzene ring substituents is 1. The number of aliphatic hydroxyl groups is 3. The molecule has 1 unspecified atom stereocenters. The van der Waals surface area contributed by atoms with E-state index in [1.165, 1.54) is 34.8 Å². The summed E-state index contributed by atoms with van der Waals surface area (Å²) in [6.07, 6.45) is -2.91. The Morgan fingerprint density at radius 2 is 2.03 bits per heavy atom. The Bertz CT molecular complexity index is 966. The van der Waals surface area contributed by atoms with Gasteiger partial charge in [-0.1, -0.05) is 12.1 Å². The summed E-state index contributed by atoms with van der Waals surface area (Å²) >= 11 is 1.43. The number of rotatable bonds is 6. The minimum atomic E-state index is -1.26. The summed E-state index contributed by atoms with van der Waals surface area (Å²) in [6, 6.07) is 6.24. The topological polar surface area (TPSA) is 181 Å². The smallest absolute Gasteiger partial charge is 0.269 e. The number of anilines is 1. The minimum Gasteiger partial charge on any atom is -0.394 e. The van der Waals surface area contributed by atoms with Gasteiger partial charge < -0.3 is 31.1 Å². The summed E-state index contributed by atoms with van der Waals surface area (Å²) in [5.74, 6) is 1.13. The number of aromatic nitrogens is 2. The Morgan fingerprint density at radius 3 is 2.67 bits per heavy atom. The summed E-state index contributed by atoms with van der Waals surface area (Å²) in [7, 11) is 0. The molecule has 1 saturated heterocycles. The molecule has 13 heteroatoms. The van der Waals surface area contributed by atoms with Crippen LogP contribution in [0.25, 0.3) is 0 Å². The Kier molecular flexibility index (Phi) is 5.62. The largest absolute Gasteiger partial charge is 0.394 e. The van der Waals surface area contributed by atoms with Gasteiger partial charge in [-0.15, -0.1) is 11.8 Å². The highest BCUT2D eigenvalue weighted by molar-refractivity contribution is 7.98. The number of fused-ring (bicyclic) bond motifs is 1. The third kappa shape index (κ3) is 3.73. The van der Waals surface area contributed by atoms with E-state index >= 15 is 0 Å². The molecule has 1 fully saturated rings. The van der Waals surface area contributed by atoms with E-state index in [1.807, 2.05) is 0 Å². The fourth-order valence-electron chi connectivity index (χ4n) is 3.33. The van der Waals surface area contributed by atoms with Crippen LogP contribution < -0.4 is 11.1 Å². The number of thioether (sulfide) groups is 1. The maximum absolute atomic E-state index is 10.8. The molecule has 1 aromatic heterocycles. The molecule has 0 saturated carbocycles. The van der Waals surface area contributed by atoms with Gasteiger partial charge in [0.25, 0.3) is 5.69 Å². The molecule has 1 aromatic carbocycles. The maximum Gasteiger partial charge on any atom is 0.269 e. The molecular weight excluding hydrogens is 416 g/mol. The second-order valence-electron chi connectivity index (χ2n) is 6.84. The average molecular weight is 436 g/mol. The molecule has 6 N–H and O–H groups in total. The van der Waals surface area contributed by atoms with E-state index in [2.05, 4.69) is 15.3 Å². The fraction of sp³-hybridized carbons (Fsp3) is 0.412. The molecule has 0 spiro atoms. The van der Waals surface area contributed by atoms with Gasteiger partial charge in [0.1, 0.15) is 35.2 Å². The van der Waals surface area contributed by atoms with Crippen molar-refractivity contribution in [1.82, 2.24) is 9.55 Å². The Hall–Kier alpha value is -2.71. The molecular formula is C17H20N6O6S. The van der Waals surface area contributed by atoms with Gasteiger partial charge in [-0.25, -0.2) is 9.98 Å². The Balaban J connectivity index is 1.52. The van der Waals surface area contributed by atoms with Crippen molar-refractivity contribution in [3.05, 3.63) is 52.0 Å². The van der Waals surface area contributed by atoms with Crippen LogP contribution in [-0.4, -0.2) is 60.7 Å². The quantitative estimate of drug-likeness (QED) is 0.307. The molecule has 0 amide bonds. The maximum atomic E-state index is 10.8. The SMILES string of the molecule is NC1=NC(SCc2ccc([N+](=O)[O-])cc2)c2ncn([C@@H]3O[C@H](CO)[C@@H](O)[C@H]3O)c2N1. The van der Waals surface area contributed by atoms with Gasteiger partial charge in [-0.05, 0) is 5.56 Å². The number of hydrogen-bond donors (Lipinski definition) is 5. The normalized spacial score (nSPS) is 28.0. The second-order valence-corrected chi connectivity index (χ2v) is 7.91. The number of imidazole rings is 1. The first-order valence-electron chi connectivity index (χ1n) is 9.03. The molecule has 3 heterocycles. The van der Waals surface area contributed by atoms with Gasteiger partial charge >= 0.3 is 0 Å². The molecule has 0 bridgehead atoms. The monoisotopic (exact) mass is 436 g/mol. The van der Waals surface area contributed by atoms with Gasteiger partial charge in [0.05, 0.1) is 17.9 Å². The molecule has 4 rings (SSSR count). The van der Waals surface area contributed by atoms with Crippen molar-refractivity contribution in [2.75, 3.05) is 11.9 Å². The highest BCUT2D eigenvalue weighted by Gasteiger charge is 2.44. The lowest BCUT2D eigenvalue weighted by Crippen LogP contribution is -2.34. The van der Waals surface area contributed by atoms with Crippen LogP contribution in [-0.2, 0) is 10.5 Å².